The van der Waals surface area contributed by atoms with E-state index in [0.29, 0.717) is 19.5 Å². The van der Waals surface area contributed by atoms with E-state index >= 15 is 0 Å². The number of hydrogen-bond donors (Lipinski definition) is 0. The van der Waals surface area contributed by atoms with Crippen molar-refractivity contribution in [3.05, 3.63) is 35.9 Å². The van der Waals surface area contributed by atoms with E-state index in [-0.39, 0.29) is 22.8 Å². The molecule has 1 saturated heterocycles. The van der Waals surface area contributed by atoms with Crippen molar-refractivity contribution < 1.29 is 13.2 Å². The molecule has 0 bridgehead atoms. The molecule has 1 amide bonds. The van der Waals surface area contributed by atoms with Crippen LogP contribution in [0.4, 0.5) is 0 Å². The van der Waals surface area contributed by atoms with Gasteiger partial charge in [0.05, 0.1) is 17.4 Å². The predicted octanol–water partition coefficient (Wildman–Crippen LogP) is 2.29. The maximum absolute atomic E-state index is 12.3. The number of likely N-dealkylation sites (tertiary alicyclic amines) is 1. The first kappa shape index (κ1) is 17.0. The van der Waals surface area contributed by atoms with Gasteiger partial charge in [0.1, 0.15) is 0 Å². The van der Waals surface area contributed by atoms with Crippen molar-refractivity contribution >= 4 is 15.7 Å². The van der Waals surface area contributed by atoms with E-state index in [1.54, 1.807) is 13.8 Å². The molecular formula is C17H25NO3S. The smallest absolute Gasteiger partial charge is 0.226 e. The third-order valence-electron chi connectivity index (χ3n) is 4.35. The number of sulfone groups is 1. The fourth-order valence-electron chi connectivity index (χ4n) is 2.75. The molecule has 1 fully saturated rings. The van der Waals surface area contributed by atoms with E-state index < -0.39 is 9.84 Å². The van der Waals surface area contributed by atoms with Crippen molar-refractivity contribution in [2.75, 3.05) is 18.8 Å². The molecule has 1 aliphatic rings. The molecular weight excluding hydrogens is 298 g/mol. The highest BCUT2D eigenvalue weighted by molar-refractivity contribution is 7.91. The number of carbonyl (C=O) groups excluding carboxylic acids is 1. The first-order chi connectivity index (χ1) is 10.4. The van der Waals surface area contributed by atoms with Crippen LogP contribution in [0, 0.1) is 5.92 Å². The monoisotopic (exact) mass is 323 g/mol. The Balaban J connectivity index is 1.83. The molecule has 2 rings (SSSR count). The van der Waals surface area contributed by atoms with Crippen LogP contribution in [-0.2, 0) is 21.1 Å². The van der Waals surface area contributed by atoms with Crippen molar-refractivity contribution in [2.24, 2.45) is 5.92 Å². The van der Waals surface area contributed by atoms with E-state index in [1.807, 2.05) is 35.2 Å². The van der Waals surface area contributed by atoms with Crippen LogP contribution >= 0.6 is 0 Å². The largest absolute Gasteiger partial charge is 0.342 e. The molecule has 0 saturated carbocycles. The average molecular weight is 323 g/mol. The van der Waals surface area contributed by atoms with E-state index in [2.05, 4.69) is 0 Å². The Morgan fingerprint density at radius 1 is 1.18 bits per heavy atom. The molecule has 1 aromatic carbocycles. The van der Waals surface area contributed by atoms with Gasteiger partial charge < -0.3 is 4.90 Å². The molecule has 0 aromatic heterocycles. The maximum Gasteiger partial charge on any atom is 0.226 e. The second kappa shape index (κ2) is 7.27. The van der Waals surface area contributed by atoms with Crippen LogP contribution in [0.15, 0.2) is 30.3 Å². The zero-order chi connectivity index (χ0) is 16.2. The molecule has 1 aliphatic heterocycles. The molecule has 22 heavy (non-hydrogen) atoms. The van der Waals surface area contributed by atoms with Gasteiger partial charge in [-0.05, 0) is 38.2 Å². The van der Waals surface area contributed by atoms with E-state index in [9.17, 15) is 13.2 Å². The fraction of sp³-hybridized carbons (Fsp3) is 0.588. The van der Waals surface area contributed by atoms with Crippen LogP contribution in [0.25, 0.3) is 0 Å². The van der Waals surface area contributed by atoms with Gasteiger partial charge in [-0.1, -0.05) is 30.3 Å². The number of nitrogens with zero attached hydrogens (tertiary/aromatic N) is 1. The summed E-state index contributed by atoms with van der Waals surface area (Å²) in [5.74, 6) is 0.579. The van der Waals surface area contributed by atoms with Crippen LogP contribution in [0.2, 0.25) is 0 Å². The van der Waals surface area contributed by atoms with Gasteiger partial charge in [0.2, 0.25) is 5.91 Å². The summed E-state index contributed by atoms with van der Waals surface area (Å²) in [6.07, 6.45) is 1.99. The van der Waals surface area contributed by atoms with Crippen LogP contribution in [-0.4, -0.2) is 43.3 Å². The fourth-order valence-corrected chi connectivity index (χ4v) is 4.13. The van der Waals surface area contributed by atoms with Crippen molar-refractivity contribution in [2.45, 2.75) is 38.4 Å². The van der Waals surface area contributed by atoms with Crippen LogP contribution < -0.4 is 0 Å². The highest BCUT2D eigenvalue weighted by Crippen LogP contribution is 2.21. The number of hydrogen-bond acceptors (Lipinski definition) is 3. The quantitative estimate of drug-likeness (QED) is 0.835. The summed E-state index contributed by atoms with van der Waals surface area (Å²) in [5.41, 5.74) is 1.03. The van der Waals surface area contributed by atoms with Gasteiger partial charge in [0.25, 0.3) is 0 Å². The highest BCUT2D eigenvalue weighted by atomic mass is 32.2. The molecule has 5 heteroatoms. The maximum atomic E-state index is 12.3. The first-order valence-electron chi connectivity index (χ1n) is 7.92. The van der Waals surface area contributed by atoms with Crippen LogP contribution in [0.1, 0.15) is 32.3 Å². The lowest BCUT2D eigenvalue weighted by Gasteiger charge is -2.32. The zero-order valence-electron chi connectivity index (χ0n) is 13.4. The lowest BCUT2D eigenvalue weighted by molar-refractivity contribution is -0.131. The molecule has 1 aromatic rings. The SMILES string of the molecule is CC(C)S(=O)(=O)CC1CCN(C(=O)Cc2ccccc2)CC1. The van der Waals surface area contributed by atoms with Gasteiger partial charge in [-0.25, -0.2) is 8.42 Å². The van der Waals surface area contributed by atoms with Crippen molar-refractivity contribution in [3.63, 3.8) is 0 Å². The highest BCUT2D eigenvalue weighted by Gasteiger charge is 2.27. The number of piperidine rings is 1. The zero-order valence-corrected chi connectivity index (χ0v) is 14.2. The lowest BCUT2D eigenvalue weighted by atomic mass is 9.98. The molecule has 0 spiro atoms. The minimum Gasteiger partial charge on any atom is -0.342 e. The predicted molar refractivity (Wildman–Crippen MR) is 88.4 cm³/mol. The molecule has 0 atom stereocenters. The minimum absolute atomic E-state index is 0.136. The summed E-state index contributed by atoms with van der Waals surface area (Å²) in [5, 5.41) is -0.315. The Morgan fingerprint density at radius 3 is 2.32 bits per heavy atom. The second-order valence-electron chi connectivity index (χ2n) is 6.36. The Labute approximate surface area is 133 Å². The van der Waals surface area contributed by atoms with E-state index in [0.717, 1.165) is 18.4 Å². The van der Waals surface area contributed by atoms with Crippen LogP contribution in [0.3, 0.4) is 0 Å². The average Bonchev–Trinajstić information content (AvgIpc) is 2.48. The molecule has 0 radical (unpaired) electrons. The minimum atomic E-state index is -2.99. The lowest BCUT2D eigenvalue weighted by Crippen LogP contribution is -2.41. The summed E-state index contributed by atoms with van der Waals surface area (Å²) in [6, 6.07) is 9.73. The summed E-state index contributed by atoms with van der Waals surface area (Å²) in [4.78, 5) is 14.1. The Bertz CT molecular complexity index is 588. The molecule has 0 unspecified atom stereocenters. The summed E-state index contributed by atoms with van der Waals surface area (Å²) in [6.45, 7) is 4.80. The Morgan fingerprint density at radius 2 is 1.77 bits per heavy atom. The first-order valence-corrected chi connectivity index (χ1v) is 9.63. The van der Waals surface area contributed by atoms with Gasteiger partial charge >= 0.3 is 0 Å². The normalized spacial score (nSPS) is 17.0. The third kappa shape index (κ3) is 4.57. The third-order valence-corrected chi connectivity index (χ3v) is 6.72. The number of rotatable bonds is 5. The molecule has 0 N–H and O–H groups in total. The van der Waals surface area contributed by atoms with Gasteiger partial charge in [0.15, 0.2) is 9.84 Å². The number of benzene rings is 1. The number of carbonyl (C=O) groups is 1. The van der Waals surface area contributed by atoms with Crippen LogP contribution in [0.5, 0.6) is 0 Å². The van der Waals surface area contributed by atoms with Crippen molar-refractivity contribution in [1.82, 2.24) is 4.90 Å². The van der Waals surface area contributed by atoms with Crippen molar-refractivity contribution in [3.8, 4) is 0 Å². The summed E-state index contributed by atoms with van der Waals surface area (Å²) in [7, 11) is -2.99. The van der Waals surface area contributed by atoms with Crippen molar-refractivity contribution in [1.29, 1.82) is 0 Å². The topological polar surface area (TPSA) is 54.5 Å². The van der Waals surface area contributed by atoms with E-state index in [4.69, 9.17) is 0 Å². The number of amides is 1. The summed E-state index contributed by atoms with van der Waals surface area (Å²) < 4.78 is 23.9. The Kier molecular flexibility index (Phi) is 5.62. The van der Waals surface area contributed by atoms with Gasteiger partial charge in [-0.3, -0.25) is 4.79 Å². The summed E-state index contributed by atoms with van der Waals surface area (Å²) >= 11 is 0. The van der Waals surface area contributed by atoms with Gasteiger partial charge in [-0.2, -0.15) is 0 Å². The van der Waals surface area contributed by atoms with E-state index in [1.165, 1.54) is 0 Å². The Hall–Kier alpha value is -1.36. The van der Waals surface area contributed by atoms with Gasteiger partial charge in [0, 0.05) is 13.1 Å². The molecule has 1 heterocycles. The van der Waals surface area contributed by atoms with Gasteiger partial charge in [-0.15, -0.1) is 0 Å². The second-order valence-corrected chi connectivity index (χ2v) is 8.97. The standard InChI is InChI=1S/C17H25NO3S/c1-14(2)22(20,21)13-16-8-10-18(11-9-16)17(19)12-15-6-4-3-5-7-15/h3-7,14,16H,8-13H2,1-2H3. The molecule has 4 nitrogen and oxygen atoms in total. The molecule has 122 valence electrons. The molecule has 0 aliphatic carbocycles.